The van der Waals surface area contributed by atoms with Crippen LogP contribution < -0.4 is 26.0 Å². The van der Waals surface area contributed by atoms with Crippen molar-refractivity contribution in [3.8, 4) is 5.75 Å². The van der Waals surface area contributed by atoms with Gasteiger partial charge >= 0.3 is 12.2 Å². The van der Waals surface area contributed by atoms with Gasteiger partial charge in [0.25, 0.3) is 5.91 Å². The first kappa shape index (κ1) is 53.6. The second kappa shape index (κ2) is 22.8. The Morgan fingerprint density at radius 2 is 1.59 bits per heavy atom. The number of nitrogens with one attached hydrogen (secondary N) is 2. The minimum atomic E-state index is -4.50. The minimum absolute atomic E-state index is 0.0350. The standard InChI is InChI=1S/C55H71ClF3N9O5/c1-34(2)61-43-28-41(27-42(30-43)55(57,58)59)35(3)62-50-45-31-44(49(73-5)32-47(45)63-36(4)64-50)38-7-9-39(10-8-38)51(70)67-24-22-65(23-25-67)33-37-13-15-54(16-14-37)17-20-66(21-18-54)52(71)40-11-12-46(56)48(29-40)68(53(60)72)19-6-26-69/h11-12,26-32,34-35,37-39,61H,6-10,13-25,33H2,1-5H3,(H2,60,72)(H,62,63,64)/t35-,38-,39-/m1/s1. The summed E-state index contributed by atoms with van der Waals surface area (Å²) >= 11 is 6.40. The Labute approximate surface area is 431 Å². The van der Waals surface area contributed by atoms with E-state index in [9.17, 15) is 32.3 Å². The number of aryl methyl sites for hydroxylation is 1. The number of piperidine rings is 1. The summed E-state index contributed by atoms with van der Waals surface area (Å²) in [6, 6.07) is 11.6. The summed E-state index contributed by atoms with van der Waals surface area (Å²) in [6.45, 7) is 13.1. The molecule has 14 nitrogen and oxygen atoms in total. The molecule has 2 saturated carbocycles. The number of hydrogen-bond donors (Lipinski definition) is 3. The summed E-state index contributed by atoms with van der Waals surface area (Å²) in [7, 11) is 1.65. The van der Waals surface area contributed by atoms with Crippen LogP contribution in [-0.4, -0.2) is 114 Å². The fourth-order valence-electron chi connectivity index (χ4n) is 11.8. The molecule has 0 bridgehead atoms. The second-order valence-corrected chi connectivity index (χ2v) is 21.7. The van der Waals surface area contributed by atoms with Gasteiger partial charge in [-0.05, 0) is 163 Å². The van der Waals surface area contributed by atoms with E-state index in [1.54, 1.807) is 38.3 Å². The van der Waals surface area contributed by atoms with Gasteiger partial charge in [-0.25, -0.2) is 14.8 Å². The first-order valence-corrected chi connectivity index (χ1v) is 26.4. The molecule has 1 atom stereocenters. The predicted molar refractivity (Wildman–Crippen MR) is 279 cm³/mol. The largest absolute Gasteiger partial charge is 0.496 e. The highest BCUT2D eigenvalue weighted by molar-refractivity contribution is 6.34. The molecule has 4 fully saturated rings. The van der Waals surface area contributed by atoms with Crippen molar-refractivity contribution < 1.29 is 37.1 Å². The van der Waals surface area contributed by atoms with Gasteiger partial charge in [-0.1, -0.05) is 11.6 Å². The van der Waals surface area contributed by atoms with Crippen molar-refractivity contribution >= 4 is 63.8 Å². The van der Waals surface area contributed by atoms with Gasteiger partial charge < -0.3 is 35.7 Å². The number of rotatable bonds is 15. The molecule has 394 valence electrons. The van der Waals surface area contributed by atoms with Crippen LogP contribution in [0.5, 0.6) is 5.75 Å². The molecule has 2 aliphatic heterocycles. The summed E-state index contributed by atoms with van der Waals surface area (Å²) in [5.41, 5.74) is 8.43. The number of hydrogen-bond acceptors (Lipinski definition) is 10. The number of primary amides is 1. The van der Waals surface area contributed by atoms with E-state index in [-0.39, 0.29) is 53.1 Å². The van der Waals surface area contributed by atoms with Crippen LogP contribution in [-0.2, 0) is 15.8 Å². The maximum atomic E-state index is 14.0. The molecule has 18 heteroatoms. The van der Waals surface area contributed by atoms with Gasteiger partial charge in [-0.15, -0.1) is 0 Å². The lowest BCUT2D eigenvalue weighted by Crippen LogP contribution is -2.52. The summed E-state index contributed by atoms with van der Waals surface area (Å²) in [6.07, 6.45) is 6.01. The Morgan fingerprint density at radius 1 is 0.890 bits per heavy atom. The first-order valence-electron chi connectivity index (χ1n) is 26.1. The van der Waals surface area contributed by atoms with Crippen molar-refractivity contribution in [2.24, 2.45) is 23.0 Å². The predicted octanol–water partition coefficient (Wildman–Crippen LogP) is 10.6. The van der Waals surface area contributed by atoms with Crippen LogP contribution in [0.15, 0.2) is 48.5 Å². The Kier molecular flexibility index (Phi) is 16.8. The van der Waals surface area contributed by atoms with E-state index in [1.807, 2.05) is 31.7 Å². The van der Waals surface area contributed by atoms with Crippen LogP contribution >= 0.6 is 11.6 Å². The number of anilines is 3. The van der Waals surface area contributed by atoms with Gasteiger partial charge in [0.15, 0.2) is 0 Å². The van der Waals surface area contributed by atoms with Gasteiger partial charge in [0, 0.05) is 93.4 Å². The summed E-state index contributed by atoms with van der Waals surface area (Å²) in [4.78, 5) is 68.0. The third-order valence-corrected chi connectivity index (χ3v) is 16.3. The molecule has 8 rings (SSSR count). The number of alkyl halides is 3. The Morgan fingerprint density at radius 3 is 2.22 bits per heavy atom. The molecule has 73 heavy (non-hydrogen) atoms. The smallest absolute Gasteiger partial charge is 0.416 e. The number of urea groups is 1. The van der Waals surface area contributed by atoms with Gasteiger partial charge in [0.05, 0.1) is 34.9 Å². The minimum Gasteiger partial charge on any atom is -0.496 e. The molecule has 0 unspecified atom stereocenters. The van der Waals surface area contributed by atoms with Gasteiger partial charge in [0.2, 0.25) is 5.91 Å². The highest BCUT2D eigenvalue weighted by Gasteiger charge is 2.40. The fraction of sp³-hybridized carbons (Fsp3) is 0.564. The van der Waals surface area contributed by atoms with Crippen molar-refractivity contribution in [2.45, 2.75) is 123 Å². The van der Waals surface area contributed by atoms with Crippen molar-refractivity contribution in [3.05, 3.63) is 81.6 Å². The van der Waals surface area contributed by atoms with E-state index in [4.69, 9.17) is 32.0 Å². The highest BCUT2D eigenvalue weighted by atomic mass is 35.5. The molecule has 4 amide bonds. The molecular weight excluding hydrogens is 959 g/mol. The zero-order chi connectivity index (χ0) is 52.2. The van der Waals surface area contributed by atoms with Crippen molar-refractivity contribution in [3.63, 3.8) is 0 Å². The average Bonchev–Trinajstić information content (AvgIpc) is 3.36. The molecule has 1 aromatic heterocycles. The lowest BCUT2D eigenvalue weighted by molar-refractivity contribution is -0.139. The van der Waals surface area contributed by atoms with E-state index in [0.717, 1.165) is 120 Å². The average molecular weight is 1030 g/mol. The third kappa shape index (κ3) is 12.6. The van der Waals surface area contributed by atoms with E-state index in [2.05, 4.69) is 26.5 Å². The highest BCUT2D eigenvalue weighted by Crippen LogP contribution is 2.47. The number of amides is 4. The van der Waals surface area contributed by atoms with E-state index < -0.39 is 23.8 Å². The number of halogens is 4. The lowest BCUT2D eigenvalue weighted by Gasteiger charge is -2.47. The number of fused-ring (bicyclic) bond motifs is 1. The maximum absolute atomic E-state index is 14.0. The number of carbonyl (C=O) groups is 4. The van der Waals surface area contributed by atoms with Gasteiger partial charge in [-0.3, -0.25) is 19.4 Å². The Hall–Kier alpha value is -5.68. The van der Waals surface area contributed by atoms with Crippen LogP contribution in [0.2, 0.25) is 5.02 Å². The van der Waals surface area contributed by atoms with E-state index in [1.165, 1.54) is 11.0 Å². The summed E-state index contributed by atoms with van der Waals surface area (Å²) < 4.78 is 47.9. The summed E-state index contributed by atoms with van der Waals surface area (Å²) in [5.74, 6) is 2.64. The number of piperazine rings is 1. The van der Waals surface area contributed by atoms with Crippen LogP contribution in [0.25, 0.3) is 10.9 Å². The van der Waals surface area contributed by atoms with Crippen molar-refractivity contribution in [1.82, 2.24) is 24.7 Å². The number of nitrogens with two attached hydrogens (primary N) is 1. The number of likely N-dealkylation sites (tertiary alicyclic amines) is 1. The number of aromatic nitrogens is 2. The fourth-order valence-corrected chi connectivity index (χ4v) is 12.0. The number of carbonyl (C=O) groups excluding carboxylic acids is 4. The Balaban J connectivity index is 0.809. The molecule has 1 spiro atoms. The molecular formula is C55H71ClF3N9O5. The molecule has 2 aliphatic carbocycles. The third-order valence-electron chi connectivity index (χ3n) is 16.0. The first-order chi connectivity index (χ1) is 34.8. The van der Waals surface area contributed by atoms with Crippen molar-refractivity contribution in [2.75, 3.05) is 75.0 Å². The van der Waals surface area contributed by atoms with Crippen molar-refractivity contribution in [1.29, 1.82) is 0 Å². The molecule has 3 heterocycles. The monoisotopic (exact) mass is 1030 g/mol. The number of aldehydes is 1. The van der Waals surface area contributed by atoms with Crippen LogP contribution in [0, 0.1) is 24.2 Å². The van der Waals surface area contributed by atoms with Crippen LogP contribution in [0.3, 0.4) is 0 Å². The Bertz CT molecular complexity index is 2640. The molecule has 4 aromatic rings. The maximum Gasteiger partial charge on any atom is 0.416 e. The zero-order valence-electron chi connectivity index (χ0n) is 42.8. The van der Waals surface area contributed by atoms with Crippen LogP contribution in [0.1, 0.15) is 136 Å². The second-order valence-electron chi connectivity index (χ2n) is 21.3. The number of methoxy groups -OCH3 is 1. The number of nitrogens with zero attached hydrogens (tertiary/aromatic N) is 6. The molecule has 2 saturated heterocycles. The lowest BCUT2D eigenvalue weighted by atomic mass is 9.65. The molecule has 4 aliphatic rings. The normalized spacial score (nSPS) is 20.2. The van der Waals surface area contributed by atoms with Crippen LogP contribution in [0.4, 0.5) is 35.2 Å². The van der Waals surface area contributed by atoms with E-state index in [0.29, 0.717) is 65.0 Å². The SMILES string of the molecule is COc1cc2nc(C)nc(N[C@H](C)c3cc(NC(C)C)cc(C(F)(F)F)c3)c2cc1[C@H]1CC[C@H](C(=O)N2CCN(CC3CCC4(CC3)CCN(C(=O)c3ccc(Cl)c(N(CCC=O)C(N)=O)c3)CC4)CC2)CC1. The quantitative estimate of drug-likeness (QED) is 0.0976. The molecule has 0 radical (unpaired) electrons. The van der Waals surface area contributed by atoms with Gasteiger partial charge in [0.1, 0.15) is 23.7 Å². The van der Waals surface area contributed by atoms with Gasteiger partial charge in [-0.2, -0.15) is 13.2 Å². The molecule has 3 aromatic carbocycles. The van der Waals surface area contributed by atoms with E-state index >= 15 is 0 Å². The summed E-state index contributed by atoms with van der Waals surface area (Å²) in [5, 5.41) is 7.58. The topological polar surface area (TPSA) is 166 Å². The molecule has 4 N–H and O–H groups in total. The number of benzene rings is 3. The zero-order valence-corrected chi connectivity index (χ0v) is 43.6. The number of ether oxygens (including phenoxy) is 1.